The van der Waals surface area contributed by atoms with E-state index in [2.05, 4.69) is 16.0 Å². The molecule has 146 valence electrons. The number of nitrogens with one attached hydrogen (secondary N) is 2. The summed E-state index contributed by atoms with van der Waals surface area (Å²) in [6.45, 7) is 0. The van der Waals surface area contributed by atoms with E-state index < -0.39 is 32.5 Å². The van der Waals surface area contributed by atoms with E-state index in [1.54, 1.807) is 24.3 Å². The van der Waals surface area contributed by atoms with Crippen LogP contribution in [0.4, 0.5) is 20.2 Å². The third kappa shape index (κ3) is 4.78. The van der Waals surface area contributed by atoms with Crippen molar-refractivity contribution in [2.24, 2.45) is 0 Å². The highest BCUT2D eigenvalue weighted by atomic mass is 32.2. The molecule has 0 atom stereocenters. The molecule has 0 aromatic heterocycles. The Hall–Kier alpha value is -3.70. The molecule has 0 heterocycles. The number of rotatable bonds is 5. The van der Waals surface area contributed by atoms with Gasteiger partial charge in [0, 0.05) is 22.5 Å². The molecule has 2 N–H and O–H groups in total. The van der Waals surface area contributed by atoms with Gasteiger partial charge in [-0.3, -0.25) is 9.52 Å². The molecule has 1 amide bonds. The van der Waals surface area contributed by atoms with Crippen molar-refractivity contribution < 1.29 is 22.0 Å². The summed E-state index contributed by atoms with van der Waals surface area (Å²) >= 11 is 0. The minimum Gasteiger partial charge on any atom is -0.322 e. The fourth-order valence-electron chi connectivity index (χ4n) is 2.44. The maximum Gasteiger partial charge on any atom is 0.261 e. The zero-order valence-corrected chi connectivity index (χ0v) is 15.6. The fourth-order valence-corrected chi connectivity index (χ4v) is 3.51. The largest absolute Gasteiger partial charge is 0.322 e. The Labute approximate surface area is 166 Å². The maximum atomic E-state index is 13.3. The maximum absolute atomic E-state index is 13.3. The Balaban J connectivity index is 1.73. The zero-order chi connectivity index (χ0) is 21.0. The smallest absolute Gasteiger partial charge is 0.261 e. The number of carbonyl (C=O) groups excluding carboxylic acids is 1. The van der Waals surface area contributed by atoms with Crippen LogP contribution in [-0.4, -0.2) is 14.3 Å². The van der Waals surface area contributed by atoms with Crippen molar-refractivity contribution in [1.82, 2.24) is 0 Å². The van der Waals surface area contributed by atoms with E-state index in [9.17, 15) is 22.0 Å². The Morgan fingerprint density at radius 1 is 0.897 bits per heavy atom. The number of carbonyl (C=O) groups is 1. The first kappa shape index (κ1) is 20.0. The lowest BCUT2D eigenvalue weighted by atomic mass is 10.1. The Bertz CT molecular complexity index is 1220. The van der Waals surface area contributed by atoms with Crippen molar-refractivity contribution in [3.63, 3.8) is 0 Å². The number of anilines is 2. The number of benzene rings is 3. The van der Waals surface area contributed by atoms with Crippen molar-refractivity contribution in [1.29, 1.82) is 0 Å². The molecule has 0 bridgehead atoms. The molecule has 0 radical (unpaired) electrons. The van der Waals surface area contributed by atoms with Crippen molar-refractivity contribution in [3.8, 4) is 12.3 Å². The monoisotopic (exact) mass is 412 g/mol. The highest BCUT2D eigenvalue weighted by molar-refractivity contribution is 7.92. The van der Waals surface area contributed by atoms with E-state index in [1.807, 2.05) is 0 Å². The van der Waals surface area contributed by atoms with Crippen molar-refractivity contribution in [2.45, 2.75) is 4.90 Å². The van der Waals surface area contributed by atoms with Gasteiger partial charge in [0.1, 0.15) is 0 Å². The van der Waals surface area contributed by atoms with Gasteiger partial charge in [0.25, 0.3) is 15.9 Å². The number of halogens is 2. The van der Waals surface area contributed by atoms with Gasteiger partial charge in [0.05, 0.1) is 4.90 Å². The van der Waals surface area contributed by atoms with Gasteiger partial charge in [-0.05, 0) is 60.7 Å². The first-order valence-corrected chi connectivity index (χ1v) is 9.73. The first-order chi connectivity index (χ1) is 13.8. The van der Waals surface area contributed by atoms with Crippen LogP contribution in [0.5, 0.6) is 0 Å². The molecule has 0 aliphatic rings. The highest BCUT2D eigenvalue weighted by Gasteiger charge is 2.17. The summed E-state index contributed by atoms with van der Waals surface area (Å²) in [5.41, 5.74) is 1.57. The first-order valence-electron chi connectivity index (χ1n) is 8.24. The van der Waals surface area contributed by atoms with Crippen LogP contribution in [0.3, 0.4) is 0 Å². The van der Waals surface area contributed by atoms with Gasteiger partial charge in [-0.2, -0.15) is 0 Å². The zero-order valence-electron chi connectivity index (χ0n) is 14.8. The summed E-state index contributed by atoms with van der Waals surface area (Å²) < 4.78 is 53.1. The van der Waals surface area contributed by atoms with Crippen LogP contribution in [0.25, 0.3) is 0 Å². The van der Waals surface area contributed by atoms with E-state index in [0.717, 1.165) is 12.1 Å². The summed E-state index contributed by atoms with van der Waals surface area (Å²) in [6.07, 6.45) is 5.33. The van der Waals surface area contributed by atoms with E-state index in [4.69, 9.17) is 6.42 Å². The molecular weight excluding hydrogens is 398 g/mol. The lowest BCUT2D eigenvalue weighted by Crippen LogP contribution is -2.14. The Morgan fingerprint density at radius 2 is 1.62 bits per heavy atom. The second kappa shape index (κ2) is 8.12. The number of hydrogen-bond acceptors (Lipinski definition) is 3. The average molecular weight is 412 g/mol. The molecule has 3 rings (SSSR count). The minimum atomic E-state index is -4.12. The molecule has 0 aliphatic heterocycles. The second-order valence-corrected chi connectivity index (χ2v) is 7.62. The van der Waals surface area contributed by atoms with Gasteiger partial charge in [0.15, 0.2) is 11.6 Å². The SMILES string of the molecule is C#Cc1cccc(NC(=O)c2ccc(NS(=O)(=O)c3ccc(F)c(F)c3)cc2)c1. The fraction of sp³-hybridized carbons (Fsp3) is 0. The molecule has 3 aromatic carbocycles. The summed E-state index contributed by atoms with van der Waals surface area (Å²) in [6, 6.07) is 14.6. The van der Waals surface area contributed by atoms with E-state index in [1.165, 1.54) is 24.3 Å². The topological polar surface area (TPSA) is 75.3 Å². The van der Waals surface area contributed by atoms with E-state index >= 15 is 0 Å². The van der Waals surface area contributed by atoms with Gasteiger partial charge < -0.3 is 5.32 Å². The lowest BCUT2D eigenvalue weighted by Gasteiger charge is -2.10. The standard InChI is InChI=1S/C21H14F2N2O3S/c1-2-14-4-3-5-17(12-14)24-21(26)15-6-8-16(9-7-15)25-29(27,28)18-10-11-19(22)20(23)13-18/h1,3-13,25H,(H,24,26). The third-order valence-corrected chi connectivity index (χ3v) is 5.27. The Morgan fingerprint density at radius 3 is 2.28 bits per heavy atom. The summed E-state index contributed by atoms with van der Waals surface area (Å²) in [4.78, 5) is 11.9. The predicted octanol–water partition coefficient (Wildman–Crippen LogP) is 4.00. The molecule has 8 heteroatoms. The molecular formula is C21H14F2N2O3S. The second-order valence-electron chi connectivity index (χ2n) is 5.94. The molecule has 5 nitrogen and oxygen atoms in total. The molecule has 0 saturated heterocycles. The van der Waals surface area contributed by atoms with Crippen molar-refractivity contribution in [3.05, 3.63) is 89.5 Å². The van der Waals surface area contributed by atoms with Crippen molar-refractivity contribution >= 4 is 27.3 Å². The van der Waals surface area contributed by atoms with Crippen LogP contribution < -0.4 is 10.0 Å². The van der Waals surface area contributed by atoms with Crippen LogP contribution in [0, 0.1) is 24.0 Å². The van der Waals surface area contributed by atoms with Crippen LogP contribution in [-0.2, 0) is 10.0 Å². The van der Waals surface area contributed by atoms with Gasteiger partial charge in [0.2, 0.25) is 0 Å². The third-order valence-electron chi connectivity index (χ3n) is 3.89. The molecule has 0 saturated carbocycles. The van der Waals surface area contributed by atoms with Gasteiger partial charge in [-0.15, -0.1) is 6.42 Å². The number of sulfonamides is 1. The minimum absolute atomic E-state index is 0.153. The summed E-state index contributed by atoms with van der Waals surface area (Å²) in [7, 11) is -4.12. The van der Waals surface area contributed by atoms with Gasteiger partial charge >= 0.3 is 0 Å². The van der Waals surface area contributed by atoms with Crippen LogP contribution >= 0.6 is 0 Å². The molecule has 0 unspecified atom stereocenters. The van der Waals surface area contributed by atoms with E-state index in [-0.39, 0.29) is 11.3 Å². The van der Waals surface area contributed by atoms with Gasteiger partial charge in [-0.1, -0.05) is 12.0 Å². The molecule has 0 spiro atoms. The Kier molecular flexibility index (Phi) is 5.61. The van der Waals surface area contributed by atoms with Gasteiger partial charge in [-0.25, -0.2) is 17.2 Å². The molecule has 29 heavy (non-hydrogen) atoms. The highest BCUT2D eigenvalue weighted by Crippen LogP contribution is 2.19. The van der Waals surface area contributed by atoms with Crippen molar-refractivity contribution in [2.75, 3.05) is 10.0 Å². The van der Waals surface area contributed by atoms with Crippen LogP contribution in [0.2, 0.25) is 0 Å². The predicted molar refractivity (Wildman–Crippen MR) is 106 cm³/mol. The lowest BCUT2D eigenvalue weighted by molar-refractivity contribution is 0.102. The summed E-state index contributed by atoms with van der Waals surface area (Å²) in [5.74, 6) is -0.355. The van der Waals surface area contributed by atoms with Crippen LogP contribution in [0.15, 0.2) is 71.6 Å². The molecule has 0 aliphatic carbocycles. The normalized spacial score (nSPS) is 10.8. The quantitative estimate of drug-likeness (QED) is 0.622. The molecule has 3 aromatic rings. The van der Waals surface area contributed by atoms with E-state index in [0.29, 0.717) is 17.3 Å². The van der Waals surface area contributed by atoms with Crippen LogP contribution in [0.1, 0.15) is 15.9 Å². The summed E-state index contributed by atoms with van der Waals surface area (Å²) in [5, 5.41) is 2.69. The number of hydrogen-bond donors (Lipinski definition) is 2. The molecule has 0 fully saturated rings. The number of amides is 1. The number of terminal acetylenes is 1. The average Bonchev–Trinajstić information content (AvgIpc) is 2.70.